The van der Waals surface area contributed by atoms with E-state index in [4.69, 9.17) is 23.2 Å². The lowest BCUT2D eigenvalue weighted by atomic mass is 9.96. The van der Waals surface area contributed by atoms with Gasteiger partial charge >= 0.3 is 0 Å². The van der Waals surface area contributed by atoms with E-state index in [-0.39, 0.29) is 16.0 Å². The van der Waals surface area contributed by atoms with Gasteiger partial charge in [-0.15, -0.1) is 0 Å². The molecule has 1 aliphatic rings. The molecule has 0 saturated heterocycles. The van der Waals surface area contributed by atoms with Gasteiger partial charge in [-0.1, -0.05) is 48.9 Å². The minimum absolute atomic E-state index is 0.00949. The maximum absolute atomic E-state index is 12.9. The fourth-order valence-corrected chi connectivity index (χ4v) is 5.41. The molecule has 1 aliphatic carbocycles. The summed E-state index contributed by atoms with van der Waals surface area (Å²) in [4.78, 5) is 0.266. The standard InChI is InChI=1S/C15H21Cl2NO2S/c1-18-14-6-4-2-3-5-7-15(14)21(19,20)11-8-9-12(16)13(17)10-11/h8-10,14-15,18H,2-7H2,1H3. The quantitative estimate of drug-likeness (QED) is 0.894. The molecule has 1 N–H and O–H groups in total. The SMILES string of the molecule is CNC1CCCCCCC1S(=O)(=O)c1ccc(Cl)c(Cl)c1. The molecule has 0 bridgehead atoms. The Labute approximate surface area is 136 Å². The maximum atomic E-state index is 12.9. The molecule has 0 aliphatic heterocycles. The summed E-state index contributed by atoms with van der Waals surface area (Å²) >= 11 is 11.9. The molecule has 0 radical (unpaired) electrons. The lowest BCUT2D eigenvalue weighted by Gasteiger charge is -2.29. The minimum Gasteiger partial charge on any atom is -0.316 e. The molecule has 0 aromatic heterocycles. The van der Waals surface area contributed by atoms with Gasteiger partial charge in [0.2, 0.25) is 0 Å². The molecule has 118 valence electrons. The normalized spacial score (nSPS) is 24.3. The van der Waals surface area contributed by atoms with Crippen LogP contribution < -0.4 is 5.32 Å². The van der Waals surface area contributed by atoms with E-state index in [1.165, 1.54) is 12.5 Å². The lowest BCUT2D eigenvalue weighted by molar-refractivity contribution is 0.405. The zero-order valence-electron chi connectivity index (χ0n) is 12.1. The number of benzene rings is 1. The van der Waals surface area contributed by atoms with Crippen LogP contribution in [0.5, 0.6) is 0 Å². The zero-order chi connectivity index (χ0) is 15.5. The summed E-state index contributed by atoms with van der Waals surface area (Å²) in [5.74, 6) is 0. The molecular formula is C15H21Cl2NO2S. The van der Waals surface area contributed by atoms with Crippen LogP contribution >= 0.6 is 23.2 Å². The van der Waals surface area contributed by atoms with Gasteiger partial charge in [-0.3, -0.25) is 0 Å². The molecule has 2 rings (SSSR count). The Morgan fingerprint density at radius 2 is 1.71 bits per heavy atom. The summed E-state index contributed by atoms with van der Waals surface area (Å²) < 4.78 is 25.9. The summed E-state index contributed by atoms with van der Waals surface area (Å²) in [6, 6.07) is 4.55. The van der Waals surface area contributed by atoms with Crippen LogP contribution in [0.2, 0.25) is 10.0 Å². The molecule has 21 heavy (non-hydrogen) atoms. The average Bonchev–Trinajstić information content (AvgIpc) is 2.41. The van der Waals surface area contributed by atoms with E-state index in [1.54, 1.807) is 12.1 Å². The Morgan fingerprint density at radius 1 is 1.05 bits per heavy atom. The molecule has 0 amide bonds. The molecule has 1 fully saturated rings. The third-order valence-electron chi connectivity index (χ3n) is 4.19. The third-order valence-corrected chi connectivity index (χ3v) is 7.20. The zero-order valence-corrected chi connectivity index (χ0v) is 14.4. The van der Waals surface area contributed by atoms with Crippen LogP contribution in [-0.4, -0.2) is 26.8 Å². The van der Waals surface area contributed by atoms with Crippen molar-refractivity contribution in [1.29, 1.82) is 0 Å². The topological polar surface area (TPSA) is 46.2 Å². The second-order valence-electron chi connectivity index (χ2n) is 5.55. The Kier molecular flexibility index (Phi) is 5.95. The number of halogens is 2. The molecule has 2 unspecified atom stereocenters. The fraction of sp³-hybridized carbons (Fsp3) is 0.600. The highest BCUT2D eigenvalue weighted by Crippen LogP contribution is 2.31. The first-order chi connectivity index (χ1) is 9.96. The van der Waals surface area contributed by atoms with Crippen molar-refractivity contribution in [3.05, 3.63) is 28.2 Å². The molecule has 3 nitrogen and oxygen atoms in total. The number of sulfone groups is 1. The number of hydrogen-bond acceptors (Lipinski definition) is 3. The van der Waals surface area contributed by atoms with Crippen molar-refractivity contribution in [3.63, 3.8) is 0 Å². The Bertz CT molecular complexity index is 589. The first-order valence-corrected chi connectivity index (χ1v) is 9.63. The molecule has 2 atom stereocenters. The molecule has 1 saturated carbocycles. The predicted molar refractivity (Wildman–Crippen MR) is 88.0 cm³/mol. The van der Waals surface area contributed by atoms with Crippen molar-refractivity contribution in [2.24, 2.45) is 0 Å². The van der Waals surface area contributed by atoms with Gasteiger partial charge in [-0.2, -0.15) is 0 Å². The molecule has 6 heteroatoms. The number of rotatable bonds is 3. The van der Waals surface area contributed by atoms with E-state index in [2.05, 4.69) is 5.32 Å². The van der Waals surface area contributed by atoms with Gasteiger partial charge in [-0.05, 0) is 38.1 Å². The Balaban J connectivity index is 2.36. The Morgan fingerprint density at radius 3 is 2.33 bits per heavy atom. The van der Waals surface area contributed by atoms with Crippen molar-refractivity contribution in [2.45, 2.75) is 54.7 Å². The van der Waals surface area contributed by atoms with E-state index >= 15 is 0 Å². The summed E-state index contributed by atoms with van der Waals surface area (Å²) in [6.07, 6.45) is 5.87. The Hall–Kier alpha value is -0.290. The van der Waals surface area contributed by atoms with Gasteiger partial charge < -0.3 is 5.32 Å². The molecule has 0 spiro atoms. The first-order valence-electron chi connectivity index (χ1n) is 7.33. The largest absolute Gasteiger partial charge is 0.316 e. The number of nitrogens with one attached hydrogen (secondary N) is 1. The first kappa shape index (κ1) is 17.1. The van der Waals surface area contributed by atoms with E-state index in [9.17, 15) is 8.42 Å². The van der Waals surface area contributed by atoms with Gasteiger partial charge in [0.25, 0.3) is 0 Å². The van der Waals surface area contributed by atoms with Crippen molar-refractivity contribution >= 4 is 33.0 Å². The van der Waals surface area contributed by atoms with Gasteiger partial charge in [0.15, 0.2) is 9.84 Å². The average molecular weight is 350 g/mol. The van der Waals surface area contributed by atoms with Crippen molar-refractivity contribution in [3.8, 4) is 0 Å². The van der Waals surface area contributed by atoms with Crippen molar-refractivity contribution in [2.75, 3.05) is 7.05 Å². The molecule has 0 heterocycles. The summed E-state index contributed by atoms with van der Waals surface area (Å²) in [7, 11) is -1.57. The van der Waals surface area contributed by atoms with Gasteiger partial charge in [-0.25, -0.2) is 8.42 Å². The highest BCUT2D eigenvalue weighted by atomic mass is 35.5. The summed E-state index contributed by atoms with van der Waals surface area (Å²) in [5, 5.41) is 3.44. The second kappa shape index (κ2) is 7.32. The predicted octanol–water partition coefficient (Wildman–Crippen LogP) is 4.08. The van der Waals surface area contributed by atoms with Crippen LogP contribution in [0, 0.1) is 0 Å². The second-order valence-corrected chi connectivity index (χ2v) is 8.53. The fourth-order valence-electron chi connectivity index (χ4n) is 2.98. The van der Waals surface area contributed by atoms with Crippen LogP contribution in [-0.2, 0) is 9.84 Å². The number of hydrogen-bond donors (Lipinski definition) is 1. The molecule has 1 aromatic carbocycles. The van der Waals surface area contributed by atoms with Gasteiger partial charge in [0.1, 0.15) is 0 Å². The van der Waals surface area contributed by atoms with Crippen LogP contribution in [0.3, 0.4) is 0 Å². The van der Waals surface area contributed by atoms with Gasteiger partial charge in [0, 0.05) is 6.04 Å². The monoisotopic (exact) mass is 349 g/mol. The van der Waals surface area contributed by atoms with Crippen molar-refractivity contribution < 1.29 is 8.42 Å². The summed E-state index contributed by atoms with van der Waals surface area (Å²) in [6.45, 7) is 0. The van der Waals surface area contributed by atoms with Crippen LogP contribution in [0.4, 0.5) is 0 Å². The van der Waals surface area contributed by atoms with Crippen molar-refractivity contribution in [1.82, 2.24) is 5.32 Å². The lowest BCUT2D eigenvalue weighted by Crippen LogP contribution is -2.43. The molecule has 1 aromatic rings. The smallest absolute Gasteiger partial charge is 0.182 e. The molecular weight excluding hydrogens is 329 g/mol. The highest BCUT2D eigenvalue weighted by Gasteiger charge is 2.34. The van der Waals surface area contributed by atoms with Gasteiger partial charge in [0.05, 0.1) is 20.2 Å². The van der Waals surface area contributed by atoms with Crippen LogP contribution in [0.15, 0.2) is 23.1 Å². The van der Waals surface area contributed by atoms with E-state index < -0.39 is 15.1 Å². The van der Waals surface area contributed by atoms with E-state index in [1.807, 2.05) is 7.05 Å². The van der Waals surface area contributed by atoms with E-state index in [0.717, 1.165) is 25.7 Å². The highest BCUT2D eigenvalue weighted by molar-refractivity contribution is 7.92. The van der Waals surface area contributed by atoms with Crippen LogP contribution in [0.25, 0.3) is 0 Å². The maximum Gasteiger partial charge on any atom is 0.182 e. The third kappa shape index (κ3) is 3.92. The summed E-state index contributed by atoms with van der Waals surface area (Å²) in [5.41, 5.74) is 0. The van der Waals surface area contributed by atoms with Crippen LogP contribution in [0.1, 0.15) is 38.5 Å². The van der Waals surface area contributed by atoms with E-state index in [0.29, 0.717) is 11.4 Å². The minimum atomic E-state index is -3.41.